The molecule has 1 fully saturated rings. The van der Waals surface area contributed by atoms with Crippen LogP contribution in [0.1, 0.15) is 56.2 Å². The highest BCUT2D eigenvalue weighted by atomic mass is 16.5. The third kappa shape index (κ3) is 3.05. The summed E-state index contributed by atoms with van der Waals surface area (Å²) >= 11 is 0. The van der Waals surface area contributed by atoms with E-state index in [1.165, 1.54) is 0 Å². The van der Waals surface area contributed by atoms with Gasteiger partial charge >= 0.3 is 5.63 Å². The van der Waals surface area contributed by atoms with Gasteiger partial charge in [0.25, 0.3) is 5.91 Å². The largest absolute Gasteiger partial charge is 0.487 e. The predicted molar refractivity (Wildman–Crippen MR) is 104 cm³/mol. The van der Waals surface area contributed by atoms with Crippen molar-refractivity contribution in [2.75, 3.05) is 6.61 Å². The fraction of sp³-hybridized carbons (Fsp3) is 0.545. The summed E-state index contributed by atoms with van der Waals surface area (Å²) < 4.78 is 17.9. The van der Waals surface area contributed by atoms with E-state index in [9.17, 15) is 9.59 Å². The molecule has 1 aromatic heterocycles. The van der Waals surface area contributed by atoms with Crippen molar-refractivity contribution < 1.29 is 18.7 Å². The molecule has 2 aromatic rings. The Morgan fingerprint density at radius 3 is 2.79 bits per heavy atom. The van der Waals surface area contributed by atoms with Gasteiger partial charge in [0.2, 0.25) is 0 Å². The lowest BCUT2D eigenvalue weighted by atomic mass is 9.91. The van der Waals surface area contributed by atoms with E-state index in [0.29, 0.717) is 23.1 Å². The summed E-state index contributed by atoms with van der Waals surface area (Å²) in [6.07, 6.45) is 6.19. The molecule has 6 heteroatoms. The number of aryl methyl sites for hydroxylation is 2. The van der Waals surface area contributed by atoms with Crippen LogP contribution in [0.4, 0.5) is 0 Å². The first-order valence-corrected chi connectivity index (χ1v) is 10.2. The van der Waals surface area contributed by atoms with Gasteiger partial charge in [0.15, 0.2) is 6.61 Å². The standard InChI is InChI=1S/C22H25NO5/c1-22(2)9-8-15-16(28-22)10-17(26-11-18(24)23-12-6-7-12)19-13-4-3-5-14(13)21(25)27-20(15)19/h10,12H,3-9,11H2,1-2H3,(H,23,24). The molecule has 148 valence electrons. The molecule has 1 aliphatic heterocycles. The van der Waals surface area contributed by atoms with Gasteiger partial charge in [-0.25, -0.2) is 4.79 Å². The van der Waals surface area contributed by atoms with Crippen LogP contribution in [0.2, 0.25) is 0 Å². The van der Waals surface area contributed by atoms with Crippen molar-refractivity contribution in [2.45, 2.75) is 70.4 Å². The van der Waals surface area contributed by atoms with E-state index in [-0.39, 0.29) is 23.7 Å². The summed E-state index contributed by atoms with van der Waals surface area (Å²) in [7, 11) is 0. The molecular weight excluding hydrogens is 358 g/mol. The second-order valence-electron chi connectivity index (χ2n) is 8.75. The van der Waals surface area contributed by atoms with E-state index in [1.807, 2.05) is 19.9 Å². The molecule has 3 aliphatic rings. The molecule has 0 atom stereocenters. The Morgan fingerprint density at radius 2 is 2.00 bits per heavy atom. The van der Waals surface area contributed by atoms with Crippen molar-refractivity contribution >= 4 is 16.9 Å². The molecule has 28 heavy (non-hydrogen) atoms. The van der Waals surface area contributed by atoms with Crippen LogP contribution in [0, 0.1) is 0 Å². The summed E-state index contributed by atoms with van der Waals surface area (Å²) in [5.41, 5.74) is 2.70. The molecule has 2 heterocycles. The highest BCUT2D eigenvalue weighted by Crippen LogP contribution is 2.44. The van der Waals surface area contributed by atoms with Gasteiger partial charge in [-0.2, -0.15) is 0 Å². The van der Waals surface area contributed by atoms with E-state index in [2.05, 4.69) is 5.32 Å². The summed E-state index contributed by atoms with van der Waals surface area (Å²) in [5.74, 6) is 1.13. The number of ether oxygens (including phenoxy) is 2. The number of fused-ring (bicyclic) bond motifs is 5. The Morgan fingerprint density at radius 1 is 1.21 bits per heavy atom. The highest BCUT2D eigenvalue weighted by Gasteiger charge is 2.32. The van der Waals surface area contributed by atoms with Crippen molar-refractivity contribution in [2.24, 2.45) is 0 Å². The number of benzene rings is 1. The smallest absolute Gasteiger partial charge is 0.339 e. The fourth-order valence-electron chi connectivity index (χ4n) is 4.31. The SMILES string of the molecule is CC1(C)CCc2c(cc(OCC(=O)NC3CC3)c3c4c(c(=O)oc23)CCC4)O1. The lowest BCUT2D eigenvalue weighted by Crippen LogP contribution is -2.33. The van der Waals surface area contributed by atoms with E-state index in [4.69, 9.17) is 13.9 Å². The van der Waals surface area contributed by atoms with Crippen molar-refractivity contribution in [1.82, 2.24) is 5.32 Å². The van der Waals surface area contributed by atoms with Crippen LogP contribution in [-0.4, -0.2) is 24.2 Å². The molecule has 1 amide bonds. The normalized spacial score (nSPS) is 19.6. The van der Waals surface area contributed by atoms with Crippen LogP contribution >= 0.6 is 0 Å². The number of nitrogens with one attached hydrogen (secondary N) is 1. The van der Waals surface area contributed by atoms with Gasteiger partial charge in [0.1, 0.15) is 22.7 Å². The Kier molecular flexibility index (Phi) is 3.93. The van der Waals surface area contributed by atoms with Gasteiger partial charge in [0, 0.05) is 23.2 Å². The first-order valence-electron chi connectivity index (χ1n) is 10.2. The van der Waals surface area contributed by atoms with E-state index >= 15 is 0 Å². The molecular formula is C22H25NO5. The van der Waals surface area contributed by atoms with Crippen molar-refractivity contribution in [3.8, 4) is 11.5 Å². The first kappa shape index (κ1) is 17.6. The van der Waals surface area contributed by atoms with Gasteiger partial charge in [-0.15, -0.1) is 0 Å². The molecule has 5 rings (SSSR count). The molecule has 2 aliphatic carbocycles. The van der Waals surface area contributed by atoms with E-state index in [0.717, 1.165) is 67.0 Å². The number of amides is 1. The predicted octanol–water partition coefficient (Wildman–Crippen LogP) is 3.04. The summed E-state index contributed by atoms with van der Waals surface area (Å²) in [6.45, 7) is 4.03. The molecule has 6 nitrogen and oxygen atoms in total. The molecule has 0 radical (unpaired) electrons. The number of carbonyl (C=O) groups excluding carboxylic acids is 1. The molecule has 1 N–H and O–H groups in total. The number of hydrogen-bond acceptors (Lipinski definition) is 5. The average Bonchev–Trinajstić information content (AvgIpc) is 3.29. The third-order valence-corrected chi connectivity index (χ3v) is 5.93. The molecule has 0 bridgehead atoms. The maximum atomic E-state index is 12.5. The average molecular weight is 383 g/mol. The zero-order chi connectivity index (χ0) is 19.5. The van der Waals surface area contributed by atoms with Crippen molar-refractivity contribution in [3.05, 3.63) is 33.2 Å². The molecule has 0 unspecified atom stereocenters. The molecule has 1 saturated carbocycles. The maximum Gasteiger partial charge on any atom is 0.339 e. The quantitative estimate of drug-likeness (QED) is 0.821. The Bertz CT molecular complexity index is 1030. The summed E-state index contributed by atoms with van der Waals surface area (Å²) in [5, 5.41) is 3.78. The lowest BCUT2D eigenvalue weighted by molar-refractivity contribution is -0.123. The van der Waals surface area contributed by atoms with Crippen LogP contribution in [0.5, 0.6) is 11.5 Å². The van der Waals surface area contributed by atoms with Crippen molar-refractivity contribution in [1.29, 1.82) is 0 Å². The third-order valence-electron chi connectivity index (χ3n) is 5.93. The minimum atomic E-state index is -0.293. The van der Waals surface area contributed by atoms with Gasteiger partial charge in [-0.3, -0.25) is 4.79 Å². The number of carbonyl (C=O) groups is 1. The van der Waals surface area contributed by atoms with Crippen LogP contribution in [0.25, 0.3) is 11.0 Å². The Balaban J connectivity index is 1.61. The second-order valence-corrected chi connectivity index (χ2v) is 8.75. The fourth-order valence-corrected chi connectivity index (χ4v) is 4.31. The Hall–Kier alpha value is -2.50. The zero-order valence-corrected chi connectivity index (χ0v) is 16.4. The topological polar surface area (TPSA) is 77.8 Å². The van der Waals surface area contributed by atoms with Crippen molar-refractivity contribution in [3.63, 3.8) is 0 Å². The molecule has 0 saturated heterocycles. The van der Waals surface area contributed by atoms with Crippen LogP contribution in [0.15, 0.2) is 15.3 Å². The number of hydrogen-bond donors (Lipinski definition) is 1. The summed E-state index contributed by atoms with van der Waals surface area (Å²) in [4.78, 5) is 24.7. The molecule has 0 spiro atoms. The van der Waals surface area contributed by atoms with Gasteiger partial charge in [-0.1, -0.05) is 0 Å². The van der Waals surface area contributed by atoms with Crippen LogP contribution < -0.4 is 20.4 Å². The van der Waals surface area contributed by atoms with Crippen LogP contribution in [-0.2, 0) is 24.1 Å². The lowest BCUT2D eigenvalue weighted by Gasteiger charge is -2.33. The molecule has 1 aromatic carbocycles. The summed E-state index contributed by atoms with van der Waals surface area (Å²) in [6, 6.07) is 2.17. The van der Waals surface area contributed by atoms with Gasteiger partial charge in [-0.05, 0) is 64.4 Å². The monoisotopic (exact) mass is 383 g/mol. The highest BCUT2D eigenvalue weighted by molar-refractivity contribution is 5.93. The van der Waals surface area contributed by atoms with Gasteiger partial charge < -0.3 is 19.2 Å². The zero-order valence-electron chi connectivity index (χ0n) is 16.4. The number of rotatable bonds is 4. The first-order chi connectivity index (χ1) is 13.4. The Labute approximate surface area is 163 Å². The second kappa shape index (κ2) is 6.26. The van der Waals surface area contributed by atoms with Gasteiger partial charge in [0.05, 0.1) is 5.39 Å². The minimum absolute atomic E-state index is 0.0539. The maximum absolute atomic E-state index is 12.5. The minimum Gasteiger partial charge on any atom is -0.487 e. The van der Waals surface area contributed by atoms with Crippen LogP contribution in [0.3, 0.4) is 0 Å². The van der Waals surface area contributed by atoms with E-state index < -0.39 is 0 Å². The van der Waals surface area contributed by atoms with E-state index in [1.54, 1.807) is 0 Å².